The molecule has 0 aliphatic rings. The van der Waals surface area contributed by atoms with E-state index < -0.39 is 17.4 Å². The Morgan fingerprint density at radius 1 is 0.739 bits per heavy atom. The molecule has 0 spiro atoms. The highest BCUT2D eigenvalue weighted by molar-refractivity contribution is 5.83. The van der Waals surface area contributed by atoms with Crippen molar-refractivity contribution in [2.75, 3.05) is 0 Å². The number of unbranched alkanes of at least 4 members (excludes halogenated alkanes) is 6. The van der Waals surface area contributed by atoms with E-state index in [9.17, 15) is 14.4 Å². The molecular formula is C18H32O5. The third-order valence-corrected chi connectivity index (χ3v) is 4.64. The summed E-state index contributed by atoms with van der Waals surface area (Å²) < 4.78 is 0. The van der Waals surface area contributed by atoms with E-state index in [1.807, 2.05) is 0 Å². The number of hydrogen-bond acceptors (Lipinski definition) is 3. The predicted octanol–water partition coefficient (Wildman–Crippen LogP) is 4.43. The Labute approximate surface area is 139 Å². The fourth-order valence-corrected chi connectivity index (χ4v) is 3.02. The van der Waals surface area contributed by atoms with Gasteiger partial charge in [0.15, 0.2) is 0 Å². The zero-order valence-corrected chi connectivity index (χ0v) is 14.6. The summed E-state index contributed by atoms with van der Waals surface area (Å²) in [4.78, 5) is 33.8. The molecule has 5 heteroatoms. The number of carbonyl (C=O) groups is 3. The van der Waals surface area contributed by atoms with Gasteiger partial charge in [0, 0.05) is 18.3 Å². The fourth-order valence-electron chi connectivity index (χ4n) is 3.02. The highest BCUT2D eigenvalue weighted by Gasteiger charge is 2.35. The zero-order valence-electron chi connectivity index (χ0n) is 14.6. The van der Waals surface area contributed by atoms with Crippen LogP contribution in [0.15, 0.2) is 0 Å². The Hall–Kier alpha value is -1.39. The van der Waals surface area contributed by atoms with Crippen LogP contribution in [0.3, 0.4) is 0 Å². The second-order valence-electron chi connectivity index (χ2n) is 6.50. The van der Waals surface area contributed by atoms with Crippen molar-refractivity contribution in [1.82, 2.24) is 0 Å². The number of Topliss-reactive ketones (excluding diaryl/α,β-unsaturated/α-hetero) is 1. The van der Waals surface area contributed by atoms with Crippen LogP contribution in [0.1, 0.15) is 90.9 Å². The summed E-state index contributed by atoms with van der Waals surface area (Å²) in [6.07, 6.45) is 8.74. The molecule has 0 aromatic carbocycles. The summed E-state index contributed by atoms with van der Waals surface area (Å²) >= 11 is 0. The topological polar surface area (TPSA) is 91.7 Å². The van der Waals surface area contributed by atoms with Crippen molar-refractivity contribution >= 4 is 17.7 Å². The van der Waals surface area contributed by atoms with Crippen LogP contribution in [0.2, 0.25) is 0 Å². The van der Waals surface area contributed by atoms with Gasteiger partial charge in [0.1, 0.15) is 5.78 Å². The van der Waals surface area contributed by atoms with Crippen LogP contribution in [0, 0.1) is 5.41 Å². The number of ketones is 1. The summed E-state index contributed by atoms with van der Waals surface area (Å²) in [5, 5.41) is 17.8. The van der Waals surface area contributed by atoms with Crippen molar-refractivity contribution in [3.8, 4) is 0 Å². The molecule has 0 heterocycles. The van der Waals surface area contributed by atoms with E-state index in [0.29, 0.717) is 6.42 Å². The Bertz CT molecular complexity index is 358. The first-order valence-corrected chi connectivity index (χ1v) is 8.78. The quantitative estimate of drug-likeness (QED) is 0.434. The number of carboxylic acid groups (broad SMARTS) is 2. The van der Waals surface area contributed by atoms with Crippen LogP contribution in [-0.4, -0.2) is 27.9 Å². The Morgan fingerprint density at radius 3 is 1.57 bits per heavy atom. The molecule has 0 aliphatic carbocycles. The van der Waals surface area contributed by atoms with Gasteiger partial charge in [0.2, 0.25) is 0 Å². The molecule has 0 saturated heterocycles. The highest BCUT2D eigenvalue weighted by Crippen LogP contribution is 2.37. The maximum absolute atomic E-state index is 12.1. The van der Waals surface area contributed by atoms with Crippen molar-refractivity contribution < 1.29 is 24.6 Å². The van der Waals surface area contributed by atoms with Gasteiger partial charge < -0.3 is 10.2 Å². The van der Waals surface area contributed by atoms with Gasteiger partial charge >= 0.3 is 11.9 Å². The number of carboxylic acids is 2. The van der Waals surface area contributed by atoms with Gasteiger partial charge in [-0.2, -0.15) is 0 Å². The molecule has 134 valence electrons. The average Bonchev–Trinajstić information content (AvgIpc) is 2.47. The van der Waals surface area contributed by atoms with Gasteiger partial charge in [0.05, 0.1) is 0 Å². The second-order valence-corrected chi connectivity index (χ2v) is 6.50. The molecule has 0 aromatic heterocycles. The Kier molecular flexibility index (Phi) is 11.4. The molecule has 0 unspecified atom stereocenters. The van der Waals surface area contributed by atoms with E-state index in [1.165, 1.54) is 32.6 Å². The lowest BCUT2D eigenvalue weighted by Gasteiger charge is -2.30. The van der Waals surface area contributed by atoms with Crippen LogP contribution in [0.5, 0.6) is 0 Å². The molecule has 2 N–H and O–H groups in total. The molecular weight excluding hydrogens is 296 g/mol. The maximum Gasteiger partial charge on any atom is 0.303 e. The van der Waals surface area contributed by atoms with Gasteiger partial charge in [-0.05, 0) is 26.2 Å². The van der Waals surface area contributed by atoms with Crippen LogP contribution >= 0.6 is 0 Å². The normalized spacial score (nSPS) is 11.4. The van der Waals surface area contributed by atoms with Crippen molar-refractivity contribution in [1.29, 1.82) is 0 Å². The summed E-state index contributed by atoms with van der Waals surface area (Å²) in [7, 11) is 0. The van der Waals surface area contributed by atoms with Crippen molar-refractivity contribution in [3.63, 3.8) is 0 Å². The lowest BCUT2D eigenvalue weighted by Crippen LogP contribution is -2.31. The predicted molar refractivity (Wildman–Crippen MR) is 89.5 cm³/mol. The molecule has 23 heavy (non-hydrogen) atoms. The van der Waals surface area contributed by atoms with E-state index in [-0.39, 0.29) is 31.5 Å². The summed E-state index contributed by atoms with van der Waals surface area (Å²) in [6, 6.07) is 0. The Balaban J connectivity index is 4.51. The molecule has 0 rings (SSSR count). The van der Waals surface area contributed by atoms with Gasteiger partial charge in [-0.25, -0.2) is 0 Å². The fraction of sp³-hybridized carbons (Fsp3) is 0.833. The third kappa shape index (κ3) is 10.1. The maximum atomic E-state index is 12.1. The monoisotopic (exact) mass is 328 g/mol. The van der Waals surface area contributed by atoms with E-state index in [0.717, 1.165) is 19.3 Å². The van der Waals surface area contributed by atoms with E-state index in [1.54, 1.807) is 0 Å². The SMILES string of the molecule is CCCCCCCCCC(CCC(=O)O)(CCC(=O)O)C(C)=O. The van der Waals surface area contributed by atoms with E-state index in [2.05, 4.69) is 6.92 Å². The van der Waals surface area contributed by atoms with Crippen LogP contribution in [0.4, 0.5) is 0 Å². The first kappa shape index (κ1) is 21.6. The smallest absolute Gasteiger partial charge is 0.303 e. The van der Waals surface area contributed by atoms with Crippen molar-refractivity contribution in [2.24, 2.45) is 5.41 Å². The number of rotatable bonds is 15. The minimum atomic E-state index is -0.939. The lowest BCUT2D eigenvalue weighted by molar-refractivity contribution is -0.139. The third-order valence-electron chi connectivity index (χ3n) is 4.64. The van der Waals surface area contributed by atoms with Crippen LogP contribution < -0.4 is 0 Å². The van der Waals surface area contributed by atoms with Gasteiger partial charge in [0.25, 0.3) is 0 Å². The van der Waals surface area contributed by atoms with Crippen LogP contribution in [0.25, 0.3) is 0 Å². The first-order chi connectivity index (χ1) is 10.8. The van der Waals surface area contributed by atoms with Gasteiger partial charge in [-0.15, -0.1) is 0 Å². The minimum absolute atomic E-state index is 0.0778. The molecule has 0 aliphatic heterocycles. The molecule has 0 atom stereocenters. The highest BCUT2D eigenvalue weighted by atomic mass is 16.4. The van der Waals surface area contributed by atoms with Crippen LogP contribution in [-0.2, 0) is 14.4 Å². The molecule has 0 bridgehead atoms. The molecule has 0 fully saturated rings. The Morgan fingerprint density at radius 2 is 1.17 bits per heavy atom. The number of carbonyl (C=O) groups excluding carboxylic acids is 1. The lowest BCUT2D eigenvalue weighted by atomic mass is 9.72. The summed E-state index contributed by atoms with van der Waals surface area (Å²) in [6.45, 7) is 3.64. The van der Waals surface area contributed by atoms with Crippen molar-refractivity contribution in [3.05, 3.63) is 0 Å². The zero-order chi connectivity index (χ0) is 17.7. The summed E-state index contributed by atoms with van der Waals surface area (Å²) in [5.41, 5.74) is -0.791. The second kappa shape index (κ2) is 12.1. The van der Waals surface area contributed by atoms with Crippen molar-refractivity contribution in [2.45, 2.75) is 90.9 Å². The molecule has 0 radical (unpaired) electrons. The molecule has 5 nitrogen and oxygen atoms in total. The van der Waals surface area contributed by atoms with E-state index >= 15 is 0 Å². The van der Waals surface area contributed by atoms with E-state index in [4.69, 9.17) is 10.2 Å². The first-order valence-electron chi connectivity index (χ1n) is 8.78. The van der Waals surface area contributed by atoms with Gasteiger partial charge in [-0.1, -0.05) is 51.9 Å². The molecule has 0 amide bonds. The standard InChI is InChI=1S/C18H32O5/c1-3-4-5-6-7-8-9-12-18(15(2)19,13-10-16(20)21)14-11-17(22)23/h3-14H2,1-2H3,(H,20,21)(H,22,23). The molecule has 0 aromatic rings. The molecule has 0 saturated carbocycles. The number of aliphatic carboxylic acids is 2. The average molecular weight is 328 g/mol. The van der Waals surface area contributed by atoms with Gasteiger partial charge in [-0.3, -0.25) is 14.4 Å². The number of hydrogen-bond donors (Lipinski definition) is 2. The summed E-state index contributed by atoms with van der Waals surface area (Å²) in [5.74, 6) is -1.96. The largest absolute Gasteiger partial charge is 0.481 e. The minimum Gasteiger partial charge on any atom is -0.481 e.